The second kappa shape index (κ2) is 8.30. The van der Waals surface area contributed by atoms with Gasteiger partial charge in [0, 0.05) is 32.2 Å². The highest BCUT2D eigenvalue weighted by molar-refractivity contribution is 7.89. The van der Waals surface area contributed by atoms with E-state index >= 15 is 0 Å². The van der Waals surface area contributed by atoms with Gasteiger partial charge in [-0.3, -0.25) is 10.1 Å². The first-order valence-electron chi connectivity index (χ1n) is 8.43. The zero-order chi connectivity index (χ0) is 19.5. The zero-order valence-corrected chi connectivity index (χ0v) is 16.3. The quantitative estimate of drug-likeness (QED) is 0.551. The van der Waals surface area contributed by atoms with Crippen molar-refractivity contribution in [3.8, 4) is 0 Å². The van der Waals surface area contributed by atoms with E-state index in [0.29, 0.717) is 25.3 Å². The van der Waals surface area contributed by atoms with E-state index in [-0.39, 0.29) is 29.3 Å². The molecule has 1 heterocycles. The monoisotopic (exact) mass is 386 g/mol. The number of hydrogen-bond donors (Lipinski definition) is 1. The van der Waals surface area contributed by atoms with Crippen LogP contribution in [0.3, 0.4) is 0 Å². The van der Waals surface area contributed by atoms with Crippen LogP contribution in [0.1, 0.15) is 13.8 Å². The van der Waals surface area contributed by atoms with Crippen LogP contribution < -0.4 is 9.62 Å². The van der Waals surface area contributed by atoms with Gasteiger partial charge in [0.2, 0.25) is 10.0 Å². The molecule has 1 aromatic rings. The fourth-order valence-corrected chi connectivity index (χ4v) is 3.99. The van der Waals surface area contributed by atoms with E-state index in [1.165, 1.54) is 12.1 Å². The van der Waals surface area contributed by atoms with Gasteiger partial charge in [-0.15, -0.1) is 0 Å². The summed E-state index contributed by atoms with van der Waals surface area (Å²) in [4.78, 5) is 14.6. The number of likely N-dealkylation sites (N-methyl/N-ethyl adjacent to an activating group) is 1. The van der Waals surface area contributed by atoms with E-state index < -0.39 is 14.9 Å². The summed E-state index contributed by atoms with van der Waals surface area (Å²) in [6.45, 7) is 5.59. The number of nitro groups is 1. The van der Waals surface area contributed by atoms with E-state index in [0.717, 1.165) is 6.07 Å². The minimum atomic E-state index is -3.81. The second-order valence-electron chi connectivity index (χ2n) is 6.77. The maximum Gasteiger partial charge on any atom is 0.293 e. The topological polar surface area (TPSA) is 105 Å². The molecule has 0 bridgehead atoms. The maximum atomic E-state index is 12.4. The standard InChI is InChI=1S/C16H26N4O5S/c1-12-10-19(11-13(2)25-12)15-6-5-14(9-16(15)20(21)22)26(23,24)17-7-8-18(3)4/h5-6,9,12-13,17H,7-8,10-11H2,1-4H3. The van der Waals surface area contributed by atoms with E-state index in [9.17, 15) is 18.5 Å². The van der Waals surface area contributed by atoms with Crippen LogP contribution in [0, 0.1) is 10.1 Å². The van der Waals surface area contributed by atoms with Crippen LogP contribution in [0.5, 0.6) is 0 Å². The minimum Gasteiger partial charge on any atom is -0.372 e. The third kappa shape index (κ3) is 5.13. The first kappa shape index (κ1) is 20.6. The van der Waals surface area contributed by atoms with Crippen LogP contribution >= 0.6 is 0 Å². The van der Waals surface area contributed by atoms with E-state index in [1.807, 2.05) is 37.7 Å². The molecule has 0 amide bonds. The fraction of sp³-hybridized carbons (Fsp3) is 0.625. The summed E-state index contributed by atoms with van der Waals surface area (Å²) in [5.74, 6) is 0. The van der Waals surface area contributed by atoms with Gasteiger partial charge < -0.3 is 14.5 Å². The summed E-state index contributed by atoms with van der Waals surface area (Å²) in [7, 11) is -0.142. The lowest BCUT2D eigenvalue weighted by Gasteiger charge is -2.36. The molecule has 0 aromatic heterocycles. The lowest BCUT2D eigenvalue weighted by molar-refractivity contribution is -0.384. The van der Waals surface area contributed by atoms with Crippen molar-refractivity contribution in [1.82, 2.24) is 9.62 Å². The average Bonchev–Trinajstić information content (AvgIpc) is 2.52. The van der Waals surface area contributed by atoms with Crippen molar-refractivity contribution < 1.29 is 18.1 Å². The Balaban J connectivity index is 2.30. The number of nitro benzene ring substituents is 1. The summed E-state index contributed by atoms with van der Waals surface area (Å²) < 4.78 is 32.9. The highest BCUT2D eigenvalue weighted by Crippen LogP contribution is 2.32. The summed E-state index contributed by atoms with van der Waals surface area (Å²) in [6, 6.07) is 4.03. The van der Waals surface area contributed by atoms with Crippen LogP contribution in [-0.4, -0.2) is 70.7 Å². The molecule has 1 aliphatic rings. The van der Waals surface area contributed by atoms with Crippen molar-refractivity contribution in [1.29, 1.82) is 0 Å². The van der Waals surface area contributed by atoms with Gasteiger partial charge in [0.1, 0.15) is 5.69 Å². The number of ether oxygens (including phenoxy) is 1. The highest BCUT2D eigenvalue weighted by atomic mass is 32.2. The molecule has 0 spiro atoms. The van der Waals surface area contributed by atoms with E-state index in [4.69, 9.17) is 4.74 Å². The third-order valence-corrected chi connectivity index (χ3v) is 5.52. The van der Waals surface area contributed by atoms with E-state index in [2.05, 4.69) is 4.72 Å². The van der Waals surface area contributed by atoms with Crippen molar-refractivity contribution in [2.75, 3.05) is 45.2 Å². The number of rotatable bonds is 7. The molecule has 0 aliphatic carbocycles. The SMILES string of the molecule is CC1CN(c2ccc(S(=O)(=O)NCCN(C)C)cc2[N+](=O)[O-])CC(C)O1. The number of sulfonamides is 1. The van der Waals surface area contributed by atoms with Crippen molar-refractivity contribution in [3.63, 3.8) is 0 Å². The predicted molar refractivity (Wildman–Crippen MR) is 99.1 cm³/mol. The molecule has 2 rings (SSSR count). The molecule has 0 saturated carbocycles. The number of morpholine rings is 1. The van der Waals surface area contributed by atoms with Crippen molar-refractivity contribution in [2.45, 2.75) is 31.0 Å². The molecular weight excluding hydrogens is 360 g/mol. The smallest absolute Gasteiger partial charge is 0.293 e. The molecule has 1 saturated heterocycles. The number of nitrogens with zero attached hydrogens (tertiary/aromatic N) is 3. The fourth-order valence-electron chi connectivity index (χ4n) is 2.95. The Hall–Kier alpha value is -1.75. The third-order valence-electron chi connectivity index (χ3n) is 4.07. The molecule has 9 nitrogen and oxygen atoms in total. The van der Waals surface area contributed by atoms with E-state index in [1.54, 1.807) is 0 Å². The zero-order valence-electron chi connectivity index (χ0n) is 15.5. The lowest BCUT2D eigenvalue weighted by Crippen LogP contribution is -2.45. The van der Waals surface area contributed by atoms with Gasteiger partial charge in [0.25, 0.3) is 5.69 Å². The Morgan fingerprint density at radius 1 is 1.31 bits per heavy atom. The average molecular weight is 386 g/mol. The second-order valence-corrected chi connectivity index (χ2v) is 8.54. The van der Waals surface area contributed by atoms with Gasteiger partial charge >= 0.3 is 0 Å². The number of hydrogen-bond acceptors (Lipinski definition) is 7. The summed E-state index contributed by atoms with van der Waals surface area (Å²) in [5, 5.41) is 11.5. The highest BCUT2D eigenvalue weighted by Gasteiger charge is 2.29. The van der Waals surface area contributed by atoms with Gasteiger partial charge in [-0.1, -0.05) is 0 Å². The molecule has 0 radical (unpaired) electrons. The van der Waals surface area contributed by atoms with Crippen LogP contribution in [-0.2, 0) is 14.8 Å². The van der Waals surface area contributed by atoms with Gasteiger partial charge in [-0.05, 0) is 40.1 Å². The molecule has 146 valence electrons. The minimum absolute atomic E-state index is 0.0607. The predicted octanol–water partition coefficient (Wildman–Crippen LogP) is 1.05. The van der Waals surface area contributed by atoms with Crippen LogP contribution in [0.2, 0.25) is 0 Å². The first-order chi connectivity index (χ1) is 12.1. The molecule has 2 unspecified atom stereocenters. The van der Waals surface area contributed by atoms with Crippen LogP contribution in [0.25, 0.3) is 0 Å². The summed E-state index contributed by atoms with van der Waals surface area (Å²) in [5.41, 5.74) is 0.186. The van der Waals surface area contributed by atoms with Crippen LogP contribution in [0.4, 0.5) is 11.4 Å². The van der Waals surface area contributed by atoms with Crippen molar-refractivity contribution >= 4 is 21.4 Å². The normalized spacial score (nSPS) is 21.2. The first-order valence-corrected chi connectivity index (χ1v) is 9.91. The molecule has 2 atom stereocenters. The molecule has 10 heteroatoms. The number of nitrogens with one attached hydrogen (secondary N) is 1. The number of benzene rings is 1. The molecular formula is C16H26N4O5S. The largest absolute Gasteiger partial charge is 0.372 e. The molecule has 26 heavy (non-hydrogen) atoms. The Labute approximate surface area is 154 Å². The Bertz CT molecular complexity index is 743. The molecule has 1 fully saturated rings. The maximum absolute atomic E-state index is 12.4. The summed E-state index contributed by atoms with van der Waals surface area (Å²) in [6.07, 6.45) is -0.121. The molecule has 1 aliphatic heterocycles. The molecule has 1 N–H and O–H groups in total. The Kier molecular flexibility index (Phi) is 6.56. The van der Waals surface area contributed by atoms with Gasteiger partial charge in [-0.25, -0.2) is 13.1 Å². The van der Waals surface area contributed by atoms with Crippen molar-refractivity contribution in [2.24, 2.45) is 0 Å². The van der Waals surface area contributed by atoms with Crippen LogP contribution in [0.15, 0.2) is 23.1 Å². The Morgan fingerprint density at radius 3 is 2.46 bits per heavy atom. The van der Waals surface area contributed by atoms with Crippen molar-refractivity contribution in [3.05, 3.63) is 28.3 Å². The molecule has 1 aromatic carbocycles. The van der Waals surface area contributed by atoms with Gasteiger partial charge in [-0.2, -0.15) is 0 Å². The Morgan fingerprint density at radius 2 is 1.92 bits per heavy atom. The van der Waals surface area contributed by atoms with Gasteiger partial charge in [0.05, 0.1) is 22.0 Å². The lowest BCUT2D eigenvalue weighted by atomic mass is 10.2. The van der Waals surface area contributed by atoms with Gasteiger partial charge in [0.15, 0.2) is 0 Å². The summed E-state index contributed by atoms with van der Waals surface area (Å²) >= 11 is 0. The number of anilines is 1.